The second-order valence-corrected chi connectivity index (χ2v) is 10.6. The minimum Gasteiger partial charge on any atom is -0.370 e. The SMILES string of the molecule is NC(N)=NCC1CCC(CN(CC(c2ccccc2)c2ccccc2)C(=O)C2CCCCC2)CC1. The third kappa shape index (κ3) is 7.33. The van der Waals surface area contributed by atoms with Crippen LogP contribution in [0, 0.1) is 17.8 Å². The number of carbonyl (C=O) groups excluding carboxylic acids is 1. The van der Waals surface area contributed by atoms with Crippen LogP contribution in [0.25, 0.3) is 0 Å². The standard InChI is InChI=1S/C30H42N4O/c31-30(32)33-20-23-16-18-24(19-17-23)21-34(29(35)27-14-8-3-9-15-27)22-28(25-10-4-1-5-11-25)26-12-6-2-7-13-26/h1-2,4-7,10-13,23-24,27-28H,3,8-9,14-22H2,(H4,31,32,33). The van der Waals surface area contributed by atoms with Crippen molar-refractivity contribution in [3.05, 3.63) is 71.8 Å². The molecular formula is C30H42N4O. The minimum atomic E-state index is 0.183. The summed E-state index contributed by atoms with van der Waals surface area (Å²) >= 11 is 0. The van der Waals surface area contributed by atoms with Gasteiger partial charge in [0.15, 0.2) is 5.96 Å². The molecule has 2 saturated carbocycles. The molecule has 2 aromatic carbocycles. The summed E-state index contributed by atoms with van der Waals surface area (Å²) in [5.74, 6) is 2.04. The van der Waals surface area contributed by atoms with E-state index in [1.165, 1.54) is 30.4 Å². The largest absolute Gasteiger partial charge is 0.370 e. The summed E-state index contributed by atoms with van der Waals surface area (Å²) in [6, 6.07) is 21.4. The molecule has 188 valence electrons. The van der Waals surface area contributed by atoms with E-state index in [9.17, 15) is 4.79 Å². The molecule has 0 atom stereocenters. The van der Waals surface area contributed by atoms with Crippen LogP contribution in [0.15, 0.2) is 65.7 Å². The summed E-state index contributed by atoms with van der Waals surface area (Å²) in [7, 11) is 0. The fourth-order valence-electron chi connectivity index (χ4n) is 6.00. The highest BCUT2D eigenvalue weighted by molar-refractivity contribution is 5.79. The summed E-state index contributed by atoms with van der Waals surface area (Å²) in [5, 5.41) is 0. The summed E-state index contributed by atoms with van der Waals surface area (Å²) in [6.07, 6.45) is 10.3. The number of carbonyl (C=O) groups is 1. The Bertz CT molecular complexity index is 888. The number of nitrogens with two attached hydrogens (primary N) is 2. The first-order valence-electron chi connectivity index (χ1n) is 13.5. The molecule has 4 rings (SSSR count). The molecule has 5 heteroatoms. The van der Waals surface area contributed by atoms with Crippen molar-refractivity contribution in [2.75, 3.05) is 19.6 Å². The molecule has 2 fully saturated rings. The predicted octanol–water partition coefficient (Wildman–Crippen LogP) is 5.31. The van der Waals surface area contributed by atoms with Gasteiger partial charge in [0.2, 0.25) is 5.91 Å². The monoisotopic (exact) mass is 474 g/mol. The number of aliphatic imine (C=N–C) groups is 1. The number of benzene rings is 2. The van der Waals surface area contributed by atoms with Crippen LogP contribution in [0.2, 0.25) is 0 Å². The minimum absolute atomic E-state index is 0.183. The van der Waals surface area contributed by atoms with Crippen molar-refractivity contribution in [2.24, 2.45) is 34.2 Å². The van der Waals surface area contributed by atoms with Crippen LogP contribution in [-0.4, -0.2) is 36.4 Å². The number of hydrogen-bond acceptors (Lipinski definition) is 2. The first kappa shape index (κ1) is 25.3. The Kier molecular flexibility index (Phi) is 9.21. The van der Waals surface area contributed by atoms with Gasteiger partial charge >= 0.3 is 0 Å². The topological polar surface area (TPSA) is 84.7 Å². The Hall–Kier alpha value is -2.82. The van der Waals surface area contributed by atoms with Gasteiger partial charge in [-0.3, -0.25) is 9.79 Å². The molecule has 0 saturated heterocycles. The van der Waals surface area contributed by atoms with E-state index in [0.29, 0.717) is 17.7 Å². The van der Waals surface area contributed by atoms with Crippen LogP contribution < -0.4 is 11.5 Å². The van der Waals surface area contributed by atoms with Crippen LogP contribution in [0.4, 0.5) is 0 Å². The average molecular weight is 475 g/mol. The molecule has 0 aliphatic heterocycles. The summed E-state index contributed by atoms with van der Waals surface area (Å²) in [4.78, 5) is 20.4. The summed E-state index contributed by atoms with van der Waals surface area (Å²) in [6.45, 7) is 2.33. The van der Waals surface area contributed by atoms with Crippen LogP contribution in [0.3, 0.4) is 0 Å². The zero-order valence-corrected chi connectivity index (χ0v) is 21.0. The molecule has 0 bridgehead atoms. The zero-order valence-electron chi connectivity index (χ0n) is 21.0. The van der Waals surface area contributed by atoms with Crippen LogP contribution in [-0.2, 0) is 4.79 Å². The highest BCUT2D eigenvalue weighted by Gasteiger charge is 2.31. The lowest BCUT2D eigenvalue weighted by atomic mass is 9.81. The van der Waals surface area contributed by atoms with E-state index < -0.39 is 0 Å². The van der Waals surface area contributed by atoms with Crippen molar-refractivity contribution in [3.8, 4) is 0 Å². The van der Waals surface area contributed by atoms with E-state index in [1.807, 2.05) is 0 Å². The van der Waals surface area contributed by atoms with E-state index in [0.717, 1.165) is 58.2 Å². The highest BCUT2D eigenvalue weighted by Crippen LogP contribution is 2.33. The van der Waals surface area contributed by atoms with E-state index in [2.05, 4.69) is 70.6 Å². The van der Waals surface area contributed by atoms with Crippen LogP contribution in [0.1, 0.15) is 74.8 Å². The maximum absolute atomic E-state index is 13.9. The Morgan fingerprint density at radius 2 is 1.34 bits per heavy atom. The van der Waals surface area contributed by atoms with E-state index in [1.54, 1.807) is 0 Å². The van der Waals surface area contributed by atoms with Gasteiger partial charge in [0.25, 0.3) is 0 Å². The number of rotatable bonds is 9. The second-order valence-electron chi connectivity index (χ2n) is 10.6. The number of amides is 1. The number of hydrogen-bond donors (Lipinski definition) is 2. The molecule has 2 aliphatic rings. The lowest BCUT2D eigenvalue weighted by Crippen LogP contribution is -2.43. The number of nitrogens with zero attached hydrogens (tertiary/aromatic N) is 2. The fraction of sp³-hybridized carbons (Fsp3) is 0.533. The Morgan fingerprint density at radius 3 is 1.89 bits per heavy atom. The molecule has 2 aromatic rings. The van der Waals surface area contributed by atoms with Gasteiger partial charge in [0.1, 0.15) is 0 Å². The normalized spacial score (nSPS) is 20.9. The molecule has 4 N–H and O–H groups in total. The highest BCUT2D eigenvalue weighted by atomic mass is 16.2. The van der Waals surface area contributed by atoms with Crippen molar-refractivity contribution < 1.29 is 4.79 Å². The van der Waals surface area contributed by atoms with Crippen molar-refractivity contribution in [1.82, 2.24) is 4.90 Å². The van der Waals surface area contributed by atoms with Gasteiger partial charge in [0, 0.05) is 31.5 Å². The maximum Gasteiger partial charge on any atom is 0.225 e. The van der Waals surface area contributed by atoms with Gasteiger partial charge in [0.05, 0.1) is 0 Å². The van der Waals surface area contributed by atoms with Crippen molar-refractivity contribution >= 4 is 11.9 Å². The molecule has 35 heavy (non-hydrogen) atoms. The number of guanidine groups is 1. The van der Waals surface area contributed by atoms with Gasteiger partial charge in [-0.15, -0.1) is 0 Å². The average Bonchev–Trinajstić information content (AvgIpc) is 2.91. The molecule has 0 spiro atoms. The lowest BCUT2D eigenvalue weighted by molar-refractivity contribution is -0.137. The van der Waals surface area contributed by atoms with Gasteiger partial charge < -0.3 is 16.4 Å². The Morgan fingerprint density at radius 1 is 0.800 bits per heavy atom. The molecule has 2 aliphatic carbocycles. The van der Waals surface area contributed by atoms with Crippen LogP contribution >= 0.6 is 0 Å². The molecule has 0 heterocycles. The summed E-state index contributed by atoms with van der Waals surface area (Å²) < 4.78 is 0. The Labute approximate surface area is 211 Å². The molecule has 1 amide bonds. The van der Waals surface area contributed by atoms with E-state index >= 15 is 0 Å². The van der Waals surface area contributed by atoms with Gasteiger partial charge in [-0.2, -0.15) is 0 Å². The van der Waals surface area contributed by atoms with Crippen molar-refractivity contribution in [3.63, 3.8) is 0 Å². The third-order valence-electron chi connectivity index (χ3n) is 8.05. The third-order valence-corrected chi connectivity index (χ3v) is 8.05. The predicted molar refractivity (Wildman–Crippen MR) is 144 cm³/mol. The van der Waals surface area contributed by atoms with E-state index in [-0.39, 0.29) is 17.8 Å². The van der Waals surface area contributed by atoms with Gasteiger partial charge in [-0.1, -0.05) is 79.9 Å². The van der Waals surface area contributed by atoms with Crippen molar-refractivity contribution in [1.29, 1.82) is 0 Å². The quantitative estimate of drug-likeness (QED) is 0.382. The first-order chi connectivity index (χ1) is 17.1. The molecule has 5 nitrogen and oxygen atoms in total. The zero-order chi connectivity index (χ0) is 24.5. The molecular weight excluding hydrogens is 432 g/mol. The molecule has 0 aromatic heterocycles. The van der Waals surface area contributed by atoms with Gasteiger partial charge in [-0.25, -0.2) is 0 Å². The smallest absolute Gasteiger partial charge is 0.225 e. The lowest BCUT2D eigenvalue weighted by Gasteiger charge is -2.37. The molecule has 0 unspecified atom stereocenters. The molecule has 0 radical (unpaired) electrons. The van der Waals surface area contributed by atoms with E-state index in [4.69, 9.17) is 11.5 Å². The fourth-order valence-corrected chi connectivity index (χ4v) is 6.00. The van der Waals surface area contributed by atoms with Crippen molar-refractivity contribution in [2.45, 2.75) is 63.7 Å². The van der Waals surface area contributed by atoms with Crippen LogP contribution in [0.5, 0.6) is 0 Å². The maximum atomic E-state index is 13.9. The Balaban J connectivity index is 1.51. The van der Waals surface area contributed by atoms with Gasteiger partial charge in [-0.05, 0) is 61.5 Å². The first-order valence-corrected chi connectivity index (χ1v) is 13.5. The second kappa shape index (κ2) is 12.8. The summed E-state index contributed by atoms with van der Waals surface area (Å²) in [5.41, 5.74) is 13.6.